The van der Waals surface area contributed by atoms with E-state index in [0.717, 1.165) is 12.8 Å². The van der Waals surface area contributed by atoms with Gasteiger partial charge in [0, 0.05) is 24.4 Å². The average Bonchev–Trinajstić information content (AvgIpc) is 3.22. The van der Waals surface area contributed by atoms with Crippen molar-refractivity contribution in [1.29, 1.82) is 0 Å². The van der Waals surface area contributed by atoms with Gasteiger partial charge in [0.05, 0.1) is 0 Å². The number of amides is 2. The molecule has 5 heteroatoms. The molecule has 0 spiro atoms. The van der Waals surface area contributed by atoms with E-state index in [1.807, 2.05) is 0 Å². The highest BCUT2D eigenvalue weighted by Crippen LogP contribution is 2.30. The molecule has 0 aliphatic heterocycles. The van der Waals surface area contributed by atoms with Crippen molar-refractivity contribution in [2.45, 2.75) is 25.9 Å². The normalized spacial score (nSPS) is 15.7. The minimum absolute atomic E-state index is 0.0498. The second-order valence-electron chi connectivity index (χ2n) is 4.71. The molecule has 1 saturated carbocycles. The Balaban J connectivity index is 1.98. The van der Waals surface area contributed by atoms with Gasteiger partial charge in [-0.25, -0.2) is 0 Å². The number of nitrogens with one attached hydrogen (secondary N) is 2. The summed E-state index contributed by atoms with van der Waals surface area (Å²) in [5, 5.41) is 5.58. The Labute approximate surface area is 112 Å². The van der Waals surface area contributed by atoms with E-state index in [-0.39, 0.29) is 17.7 Å². The number of carbonyl (C=O) groups excluding carboxylic acids is 2. The summed E-state index contributed by atoms with van der Waals surface area (Å²) >= 11 is 0. The van der Waals surface area contributed by atoms with Gasteiger partial charge in [0.15, 0.2) is 0 Å². The van der Waals surface area contributed by atoms with Crippen LogP contribution in [-0.2, 0) is 14.3 Å². The van der Waals surface area contributed by atoms with Crippen molar-refractivity contribution in [1.82, 2.24) is 0 Å². The monoisotopic (exact) mass is 262 g/mol. The highest BCUT2D eigenvalue weighted by atomic mass is 16.5. The molecule has 1 fully saturated rings. The van der Waals surface area contributed by atoms with E-state index in [2.05, 4.69) is 10.6 Å². The lowest BCUT2D eigenvalue weighted by Crippen LogP contribution is -2.26. The quantitative estimate of drug-likeness (QED) is 0.853. The minimum atomic E-state index is -0.510. The number of ether oxygens (including phenoxy) is 1. The minimum Gasteiger partial charge on any atom is -0.372 e. The zero-order valence-electron chi connectivity index (χ0n) is 11.1. The summed E-state index contributed by atoms with van der Waals surface area (Å²) in [4.78, 5) is 23.3. The van der Waals surface area contributed by atoms with Gasteiger partial charge in [-0.3, -0.25) is 9.59 Å². The predicted molar refractivity (Wildman–Crippen MR) is 72.9 cm³/mol. The molecule has 102 valence electrons. The fourth-order valence-electron chi connectivity index (χ4n) is 1.62. The van der Waals surface area contributed by atoms with Crippen molar-refractivity contribution in [3.63, 3.8) is 0 Å². The maximum atomic E-state index is 11.7. The Morgan fingerprint density at radius 2 is 1.89 bits per heavy atom. The summed E-state index contributed by atoms with van der Waals surface area (Å²) in [6.45, 7) is 1.67. The number of benzene rings is 1. The van der Waals surface area contributed by atoms with Gasteiger partial charge in [0.1, 0.15) is 6.10 Å². The molecule has 1 aromatic carbocycles. The zero-order chi connectivity index (χ0) is 13.8. The molecule has 1 atom stereocenters. The molecule has 1 aromatic rings. The van der Waals surface area contributed by atoms with Crippen LogP contribution in [0.2, 0.25) is 0 Å². The molecule has 1 aliphatic rings. The van der Waals surface area contributed by atoms with E-state index in [1.54, 1.807) is 31.2 Å². The van der Waals surface area contributed by atoms with Gasteiger partial charge >= 0.3 is 0 Å². The van der Waals surface area contributed by atoms with Crippen LogP contribution in [0.25, 0.3) is 0 Å². The summed E-state index contributed by atoms with van der Waals surface area (Å²) in [5.41, 5.74) is 1.34. The van der Waals surface area contributed by atoms with E-state index < -0.39 is 6.10 Å². The SMILES string of the molecule is COC(C)C(=O)Nc1cccc(NC(=O)C2CC2)c1. The number of anilines is 2. The van der Waals surface area contributed by atoms with Gasteiger partial charge in [-0.05, 0) is 38.0 Å². The Bertz CT molecular complexity index is 483. The van der Waals surface area contributed by atoms with Crippen molar-refractivity contribution < 1.29 is 14.3 Å². The summed E-state index contributed by atoms with van der Waals surface area (Å²) < 4.78 is 4.94. The first-order valence-corrected chi connectivity index (χ1v) is 6.34. The fourth-order valence-corrected chi connectivity index (χ4v) is 1.62. The Hall–Kier alpha value is -1.88. The maximum Gasteiger partial charge on any atom is 0.253 e. The highest BCUT2D eigenvalue weighted by Gasteiger charge is 2.29. The number of rotatable bonds is 5. The molecule has 1 aliphatic carbocycles. The van der Waals surface area contributed by atoms with Crippen LogP contribution in [0.5, 0.6) is 0 Å². The standard InChI is InChI=1S/C14H18N2O3/c1-9(19-2)13(17)15-11-4-3-5-12(8-11)16-14(18)10-6-7-10/h3-5,8-10H,6-7H2,1-2H3,(H,15,17)(H,16,18). The molecule has 2 N–H and O–H groups in total. The first-order valence-electron chi connectivity index (χ1n) is 6.34. The van der Waals surface area contributed by atoms with Crippen molar-refractivity contribution >= 4 is 23.2 Å². The largest absolute Gasteiger partial charge is 0.372 e. The molecule has 0 heterocycles. The van der Waals surface area contributed by atoms with Crippen LogP contribution in [0.4, 0.5) is 11.4 Å². The van der Waals surface area contributed by atoms with Gasteiger partial charge in [-0.2, -0.15) is 0 Å². The molecular formula is C14H18N2O3. The lowest BCUT2D eigenvalue weighted by Gasteiger charge is -2.11. The zero-order valence-corrected chi connectivity index (χ0v) is 11.1. The number of hydrogen-bond donors (Lipinski definition) is 2. The van der Waals surface area contributed by atoms with Crippen LogP contribution < -0.4 is 10.6 Å². The smallest absolute Gasteiger partial charge is 0.253 e. The van der Waals surface area contributed by atoms with Crippen LogP contribution in [0.15, 0.2) is 24.3 Å². The first-order chi connectivity index (χ1) is 9.10. The van der Waals surface area contributed by atoms with Gasteiger partial charge in [0.2, 0.25) is 5.91 Å². The molecule has 2 rings (SSSR count). The highest BCUT2D eigenvalue weighted by molar-refractivity contribution is 5.96. The van der Waals surface area contributed by atoms with Crippen molar-refractivity contribution in [2.75, 3.05) is 17.7 Å². The molecule has 5 nitrogen and oxygen atoms in total. The van der Waals surface area contributed by atoms with Crippen molar-refractivity contribution in [3.05, 3.63) is 24.3 Å². The molecule has 2 amide bonds. The summed E-state index contributed by atoms with van der Waals surface area (Å²) in [6, 6.07) is 7.10. The number of carbonyl (C=O) groups is 2. The fraction of sp³-hybridized carbons (Fsp3) is 0.429. The molecular weight excluding hydrogens is 244 g/mol. The predicted octanol–water partition coefficient (Wildman–Crippen LogP) is 2.01. The van der Waals surface area contributed by atoms with E-state index in [1.165, 1.54) is 7.11 Å². The molecule has 19 heavy (non-hydrogen) atoms. The van der Waals surface area contributed by atoms with Gasteiger partial charge in [-0.15, -0.1) is 0 Å². The molecule has 0 radical (unpaired) electrons. The third-order valence-corrected chi connectivity index (χ3v) is 3.07. The topological polar surface area (TPSA) is 67.4 Å². The van der Waals surface area contributed by atoms with Gasteiger partial charge in [0.25, 0.3) is 5.91 Å². The van der Waals surface area contributed by atoms with Crippen LogP contribution in [-0.4, -0.2) is 25.0 Å². The molecule has 0 saturated heterocycles. The summed E-state index contributed by atoms with van der Waals surface area (Å²) in [7, 11) is 1.48. The van der Waals surface area contributed by atoms with E-state index >= 15 is 0 Å². The third-order valence-electron chi connectivity index (χ3n) is 3.07. The first kappa shape index (κ1) is 13.5. The lowest BCUT2D eigenvalue weighted by atomic mass is 10.2. The van der Waals surface area contributed by atoms with Crippen molar-refractivity contribution in [3.8, 4) is 0 Å². The third kappa shape index (κ3) is 3.79. The molecule has 0 aromatic heterocycles. The summed E-state index contributed by atoms with van der Waals surface area (Å²) in [6.07, 6.45) is 1.42. The molecule has 1 unspecified atom stereocenters. The van der Waals surface area contributed by atoms with Gasteiger partial charge in [-0.1, -0.05) is 6.07 Å². The van der Waals surface area contributed by atoms with E-state index in [4.69, 9.17) is 4.74 Å². The van der Waals surface area contributed by atoms with E-state index in [9.17, 15) is 9.59 Å². The second-order valence-corrected chi connectivity index (χ2v) is 4.71. The van der Waals surface area contributed by atoms with Crippen LogP contribution in [0.3, 0.4) is 0 Å². The average molecular weight is 262 g/mol. The van der Waals surface area contributed by atoms with Gasteiger partial charge < -0.3 is 15.4 Å². The maximum absolute atomic E-state index is 11.7. The Morgan fingerprint density at radius 3 is 2.47 bits per heavy atom. The second kappa shape index (κ2) is 5.84. The van der Waals surface area contributed by atoms with Crippen LogP contribution in [0, 0.1) is 5.92 Å². The van der Waals surface area contributed by atoms with Crippen LogP contribution >= 0.6 is 0 Å². The Morgan fingerprint density at radius 1 is 1.26 bits per heavy atom. The summed E-state index contributed by atoms with van der Waals surface area (Å²) in [5.74, 6) is -0.00586. The van der Waals surface area contributed by atoms with E-state index in [0.29, 0.717) is 11.4 Å². The van der Waals surface area contributed by atoms with Crippen LogP contribution in [0.1, 0.15) is 19.8 Å². The van der Waals surface area contributed by atoms with Crippen molar-refractivity contribution in [2.24, 2.45) is 5.92 Å². The Kier molecular flexibility index (Phi) is 4.16. The number of hydrogen-bond acceptors (Lipinski definition) is 3. The number of methoxy groups -OCH3 is 1. The lowest BCUT2D eigenvalue weighted by molar-refractivity contribution is -0.124. The molecule has 0 bridgehead atoms.